The Balaban J connectivity index is 2.37. The lowest BCUT2D eigenvalue weighted by Gasteiger charge is -2.10. The monoisotopic (exact) mass is 331 g/mol. The van der Waals surface area contributed by atoms with Gasteiger partial charge in [0.05, 0.1) is 16.4 Å². The van der Waals surface area contributed by atoms with Crippen LogP contribution < -0.4 is 11.1 Å². The molecular weight excluding hydrogens is 325 g/mol. The lowest BCUT2D eigenvalue weighted by Crippen LogP contribution is -1.99. The molecule has 0 saturated carbocycles. The summed E-state index contributed by atoms with van der Waals surface area (Å²) in [4.78, 5) is 4.09. The van der Waals surface area contributed by atoms with Crippen LogP contribution in [0.1, 0.15) is 0 Å². The van der Waals surface area contributed by atoms with Crippen LogP contribution >= 0.6 is 39.1 Å². The van der Waals surface area contributed by atoms with Crippen molar-refractivity contribution in [2.75, 3.05) is 11.1 Å². The first-order valence-corrected chi connectivity index (χ1v) is 6.25. The van der Waals surface area contributed by atoms with Gasteiger partial charge in [0.25, 0.3) is 0 Å². The highest BCUT2D eigenvalue weighted by molar-refractivity contribution is 9.10. The van der Waals surface area contributed by atoms with Crippen molar-refractivity contribution in [2.24, 2.45) is 0 Å². The normalized spacial score (nSPS) is 10.3. The average molecular weight is 333 g/mol. The fraction of sp³-hybridized carbons (Fsp3) is 0. The molecule has 0 aliphatic rings. The molecule has 17 heavy (non-hydrogen) atoms. The highest BCUT2D eigenvalue weighted by atomic mass is 79.9. The minimum absolute atomic E-state index is 0.368. The van der Waals surface area contributed by atoms with Gasteiger partial charge >= 0.3 is 0 Å². The van der Waals surface area contributed by atoms with E-state index >= 15 is 0 Å². The van der Waals surface area contributed by atoms with Gasteiger partial charge in [0.2, 0.25) is 0 Å². The average Bonchev–Trinajstić information content (AvgIpc) is 2.28. The lowest BCUT2D eigenvalue weighted by molar-refractivity contribution is 1.31. The molecular formula is C11H8BrCl2N3. The Hall–Kier alpha value is -0.970. The predicted octanol–water partition coefficient (Wildman–Crippen LogP) is 4.48. The van der Waals surface area contributed by atoms with E-state index in [0.717, 1.165) is 4.47 Å². The van der Waals surface area contributed by atoms with Crippen molar-refractivity contribution in [3.05, 3.63) is 45.0 Å². The largest absolute Gasteiger partial charge is 0.396 e. The molecule has 1 heterocycles. The van der Waals surface area contributed by atoms with Crippen LogP contribution in [0.25, 0.3) is 0 Å². The van der Waals surface area contributed by atoms with E-state index < -0.39 is 0 Å². The number of anilines is 3. The van der Waals surface area contributed by atoms with E-state index in [1.54, 1.807) is 18.2 Å². The van der Waals surface area contributed by atoms with Crippen LogP contribution in [0.15, 0.2) is 34.8 Å². The molecule has 0 bridgehead atoms. The Bertz CT molecular complexity index is 511. The van der Waals surface area contributed by atoms with Crippen LogP contribution in [0.4, 0.5) is 17.2 Å². The van der Waals surface area contributed by atoms with E-state index in [9.17, 15) is 0 Å². The van der Waals surface area contributed by atoms with E-state index in [0.29, 0.717) is 27.4 Å². The summed E-state index contributed by atoms with van der Waals surface area (Å²) in [6, 6.07) is 8.77. The maximum Gasteiger partial charge on any atom is 0.155 e. The number of pyridine rings is 1. The molecule has 0 fully saturated rings. The summed E-state index contributed by atoms with van der Waals surface area (Å²) in [5, 5.41) is 3.99. The predicted molar refractivity (Wildman–Crippen MR) is 76.1 cm³/mol. The molecule has 3 N–H and O–H groups in total. The molecule has 0 saturated heterocycles. The van der Waals surface area contributed by atoms with E-state index in [2.05, 4.69) is 26.2 Å². The fourth-order valence-corrected chi connectivity index (χ4v) is 1.94. The molecule has 0 atom stereocenters. The third-order valence-corrected chi connectivity index (χ3v) is 3.11. The second-order valence-corrected chi connectivity index (χ2v) is 5.03. The van der Waals surface area contributed by atoms with Crippen LogP contribution in [0.3, 0.4) is 0 Å². The van der Waals surface area contributed by atoms with Gasteiger partial charge in [-0.3, -0.25) is 0 Å². The molecule has 0 aliphatic carbocycles. The van der Waals surface area contributed by atoms with Gasteiger partial charge < -0.3 is 11.1 Å². The van der Waals surface area contributed by atoms with Crippen molar-refractivity contribution >= 4 is 56.3 Å². The molecule has 1 aromatic heterocycles. The molecule has 0 amide bonds. The van der Waals surface area contributed by atoms with Gasteiger partial charge in [-0.15, -0.1) is 0 Å². The van der Waals surface area contributed by atoms with Crippen molar-refractivity contribution in [2.45, 2.75) is 0 Å². The van der Waals surface area contributed by atoms with Crippen LogP contribution in [0.5, 0.6) is 0 Å². The van der Waals surface area contributed by atoms with E-state index in [4.69, 9.17) is 28.9 Å². The van der Waals surface area contributed by atoms with Gasteiger partial charge in [-0.2, -0.15) is 0 Å². The second kappa shape index (κ2) is 5.12. The smallest absolute Gasteiger partial charge is 0.155 e. The Labute approximate surface area is 117 Å². The molecule has 2 rings (SSSR count). The van der Waals surface area contributed by atoms with E-state index in [1.807, 2.05) is 12.1 Å². The lowest BCUT2D eigenvalue weighted by atomic mass is 10.3. The van der Waals surface area contributed by atoms with Gasteiger partial charge in [0.1, 0.15) is 5.15 Å². The summed E-state index contributed by atoms with van der Waals surface area (Å²) in [5.41, 5.74) is 7.00. The topological polar surface area (TPSA) is 50.9 Å². The molecule has 1 aromatic carbocycles. The van der Waals surface area contributed by atoms with E-state index in [1.165, 1.54) is 0 Å². The zero-order valence-corrected chi connectivity index (χ0v) is 11.6. The van der Waals surface area contributed by atoms with Gasteiger partial charge in [-0.25, -0.2) is 4.98 Å². The minimum Gasteiger partial charge on any atom is -0.396 e. The maximum absolute atomic E-state index is 6.05. The number of nitrogens with zero attached hydrogens (tertiary/aromatic N) is 1. The Kier molecular flexibility index (Phi) is 3.76. The third-order valence-electron chi connectivity index (χ3n) is 2.07. The molecule has 0 radical (unpaired) electrons. The number of aromatic nitrogens is 1. The summed E-state index contributed by atoms with van der Waals surface area (Å²) in [7, 11) is 0. The molecule has 88 valence electrons. The summed E-state index contributed by atoms with van der Waals surface area (Å²) in [6.45, 7) is 0. The van der Waals surface area contributed by atoms with Crippen LogP contribution in [0, 0.1) is 0 Å². The Morgan fingerprint density at radius 2 is 1.94 bits per heavy atom. The number of hydrogen-bond donors (Lipinski definition) is 2. The fourth-order valence-electron chi connectivity index (χ4n) is 1.27. The molecule has 3 nitrogen and oxygen atoms in total. The number of hydrogen-bond acceptors (Lipinski definition) is 3. The summed E-state index contributed by atoms with van der Waals surface area (Å²) in [5.74, 6) is 0.484. The van der Waals surface area contributed by atoms with Crippen LogP contribution in [0.2, 0.25) is 10.2 Å². The first-order chi connectivity index (χ1) is 8.06. The number of halogens is 3. The van der Waals surface area contributed by atoms with Crippen molar-refractivity contribution in [3.8, 4) is 0 Å². The molecule has 6 heteroatoms. The summed E-state index contributed by atoms with van der Waals surface area (Å²) in [6.07, 6.45) is 0. The van der Waals surface area contributed by atoms with Crippen LogP contribution in [-0.2, 0) is 0 Å². The number of rotatable bonds is 2. The number of nitrogen functional groups attached to an aromatic ring is 1. The van der Waals surface area contributed by atoms with Crippen molar-refractivity contribution in [1.29, 1.82) is 0 Å². The highest BCUT2D eigenvalue weighted by Gasteiger charge is 2.06. The molecule has 2 aromatic rings. The second-order valence-electron chi connectivity index (χ2n) is 3.32. The Morgan fingerprint density at radius 1 is 1.18 bits per heavy atom. The first kappa shape index (κ1) is 12.5. The van der Waals surface area contributed by atoms with Crippen molar-refractivity contribution < 1.29 is 0 Å². The third kappa shape index (κ3) is 3.03. The minimum atomic E-state index is 0.368. The standard InChI is InChI=1S/C11H8BrCl2N3/c12-6-1-2-7(13)9(5-6)16-11-8(15)3-4-10(14)17-11/h1-5H,15H2,(H,16,17). The zero-order chi connectivity index (χ0) is 12.4. The Morgan fingerprint density at radius 3 is 2.71 bits per heavy atom. The van der Waals surface area contributed by atoms with Gasteiger partial charge in [-0.1, -0.05) is 39.1 Å². The van der Waals surface area contributed by atoms with Crippen molar-refractivity contribution in [1.82, 2.24) is 4.98 Å². The maximum atomic E-state index is 6.05. The van der Waals surface area contributed by atoms with Gasteiger partial charge in [0.15, 0.2) is 5.82 Å². The van der Waals surface area contributed by atoms with E-state index in [-0.39, 0.29) is 0 Å². The summed E-state index contributed by atoms with van der Waals surface area (Å²) >= 11 is 15.2. The van der Waals surface area contributed by atoms with Crippen molar-refractivity contribution in [3.63, 3.8) is 0 Å². The molecule has 0 unspecified atom stereocenters. The van der Waals surface area contributed by atoms with Crippen LogP contribution in [-0.4, -0.2) is 4.98 Å². The first-order valence-electron chi connectivity index (χ1n) is 4.70. The zero-order valence-electron chi connectivity index (χ0n) is 8.55. The van der Waals surface area contributed by atoms with Gasteiger partial charge in [0, 0.05) is 4.47 Å². The quantitative estimate of drug-likeness (QED) is 0.797. The number of nitrogens with one attached hydrogen (secondary N) is 1. The highest BCUT2D eigenvalue weighted by Crippen LogP contribution is 2.30. The SMILES string of the molecule is Nc1ccc(Cl)nc1Nc1cc(Br)ccc1Cl. The molecule has 0 aliphatic heterocycles. The number of benzene rings is 1. The summed E-state index contributed by atoms with van der Waals surface area (Å²) < 4.78 is 0.907. The molecule has 0 spiro atoms. The number of nitrogens with two attached hydrogens (primary N) is 1. The van der Waals surface area contributed by atoms with Gasteiger partial charge in [-0.05, 0) is 30.3 Å².